The van der Waals surface area contributed by atoms with Crippen molar-refractivity contribution in [1.29, 1.82) is 0 Å². The van der Waals surface area contributed by atoms with Crippen LogP contribution in [0.4, 0.5) is 5.69 Å². The number of likely N-dealkylation sites (tertiary alicyclic amines) is 1. The predicted octanol–water partition coefficient (Wildman–Crippen LogP) is 4.75. The van der Waals surface area contributed by atoms with Crippen molar-refractivity contribution in [2.45, 2.75) is 46.0 Å². The fourth-order valence-electron chi connectivity index (χ4n) is 4.79. The number of likely N-dealkylation sites (N-methyl/N-ethyl adjacent to an activating group) is 1. The van der Waals surface area contributed by atoms with Crippen LogP contribution in [0.2, 0.25) is 0 Å². The Bertz CT molecular complexity index is 1100. The number of rotatable bonds is 9. The molecule has 2 aliphatic heterocycles. The predicted molar refractivity (Wildman–Crippen MR) is 148 cm³/mol. The summed E-state index contributed by atoms with van der Waals surface area (Å²) in [5, 5.41) is 7.52. The minimum absolute atomic E-state index is 0.393. The molecule has 1 atom stereocenters. The molecule has 6 nitrogen and oxygen atoms in total. The van der Waals surface area contributed by atoms with Crippen LogP contribution < -0.4 is 10.7 Å². The monoisotopic (exact) mass is 491 g/mol. The first kappa shape index (κ1) is 25.3. The van der Waals surface area contributed by atoms with Crippen LogP contribution in [0.5, 0.6) is 0 Å². The average Bonchev–Trinajstić information content (AvgIpc) is 3.40. The molecule has 0 spiro atoms. The van der Waals surface area contributed by atoms with Gasteiger partial charge in [0.1, 0.15) is 12.1 Å². The van der Waals surface area contributed by atoms with E-state index in [4.69, 9.17) is 4.99 Å². The lowest BCUT2D eigenvalue weighted by molar-refractivity contribution is -0.107. The highest BCUT2D eigenvalue weighted by atomic mass is 32.1. The molecule has 1 fully saturated rings. The lowest BCUT2D eigenvalue weighted by Gasteiger charge is -2.17. The van der Waals surface area contributed by atoms with Gasteiger partial charge in [0, 0.05) is 42.4 Å². The molecule has 0 radical (unpaired) electrons. The minimum atomic E-state index is 0.393. The number of carbonyl (C=O) groups is 1. The van der Waals surface area contributed by atoms with Gasteiger partial charge in [-0.1, -0.05) is 29.8 Å². The van der Waals surface area contributed by atoms with Gasteiger partial charge >= 0.3 is 0 Å². The van der Waals surface area contributed by atoms with Crippen LogP contribution in [-0.2, 0) is 17.6 Å². The number of thiophene rings is 1. The summed E-state index contributed by atoms with van der Waals surface area (Å²) in [5.74, 6) is 1.68. The van der Waals surface area contributed by atoms with E-state index < -0.39 is 0 Å². The number of nitrogens with zero attached hydrogens (tertiary/aromatic N) is 3. The van der Waals surface area contributed by atoms with Crippen LogP contribution in [0.1, 0.15) is 47.1 Å². The molecule has 0 saturated carbocycles. The molecule has 0 bridgehead atoms. The third kappa shape index (κ3) is 6.89. The summed E-state index contributed by atoms with van der Waals surface area (Å²) < 4.78 is 0. The summed E-state index contributed by atoms with van der Waals surface area (Å²) in [4.78, 5) is 21.1. The van der Waals surface area contributed by atoms with Gasteiger partial charge in [-0.2, -0.15) is 5.10 Å². The third-order valence-electron chi connectivity index (χ3n) is 6.94. The Balaban J connectivity index is 1.41. The minimum Gasteiger partial charge on any atom is -0.376 e. The van der Waals surface area contributed by atoms with E-state index in [1.165, 1.54) is 40.0 Å². The van der Waals surface area contributed by atoms with E-state index in [-0.39, 0.29) is 0 Å². The first-order chi connectivity index (χ1) is 17.1. The van der Waals surface area contributed by atoms with Crippen LogP contribution in [0.25, 0.3) is 5.57 Å². The van der Waals surface area contributed by atoms with E-state index in [1.807, 2.05) is 13.3 Å². The molecular formula is C28H37N5OS. The molecule has 1 aromatic heterocycles. The van der Waals surface area contributed by atoms with E-state index in [1.54, 1.807) is 11.3 Å². The summed E-state index contributed by atoms with van der Waals surface area (Å²) in [7, 11) is 1.94. The van der Waals surface area contributed by atoms with Gasteiger partial charge in [0.15, 0.2) is 0 Å². The average molecular weight is 492 g/mol. The summed E-state index contributed by atoms with van der Waals surface area (Å²) in [6, 6.07) is 11.1. The molecule has 4 rings (SSSR count). The number of hydrogen-bond donors (Lipinski definition) is 2. The Labute approximate surface area is 213 Å². The van der Waals surface area contributed by atoms with Gasteiger partial charge in [-0.15, -0.1) is 11.3 Å². The highest BCUT2D eigenvalue weighted by Crippen LogP contribution is 2.37. The smallest absolute Gasteiger partial charge is 0.125 e. The Morgan fingerprint density at radius 2 is 2.14 bits per heavy atom. The molecule has 2 aliphatic rings. The van der Waals surface area contributed by atoms with Crippen LogP contribution in [0.15, 0.2) is 46.0 Å². The van der Waals surface area contributed by atoms with Crippen molar-refractivity contribution < 1.29 is 4.79 Å². The molecule has 186 valence electrons. The quantitative estimate of drug-likeness (QED) is 0.302. The van der Waals surface area contributed by atoms with Gasteiger partial charge in [-0.05, 0) is 68.3 Å². The fourth-order valence-corrected chi connectivity index (χ4v) is 5.96. The summed E-state index contributed by atoms with van der Waals surface area (Å²) >= 11 is 1.68. The lowest BCUT2D eigenvalue weighted by atomic mass is 9.98. The highest BCUT2D eigenvalue weighted by Gasteiger charge is 2.23. The second-order valence-electron chi connectivity index (χ2n) is 9.62. The molecule has 7 heteroatoms. The number of allylic oxidation sites excluding steroid dienone is 1. The van der Waals surface area contributed by atoms with E-state index >= 15 is 0 Å². The maximum Gasteiger partial charge on any atom is 0.125 e. The molecule has 0 aliphatic carbocycles. The Morgan fingerprint density at radius 1 is 1.31 bits per heavy atom. The van der Waals surface area contributed by atoms with Gasteiger partial charge in [0.2, 0.25) is 0 Å². The molecule has 35 heavy (non-hydrogen) atoms. The van der Waals surface area contributed by atoms with Crippen molar-refractivity contribution >= 4 is 40.9 Å². The first-order valence-electron chi connectivity index (χ1n) is 12.6. The molecule has 2 aromatic rings. The number of hydrazone groups is 1. The molecule has 1 saturated heterocycles. The number of nitrogens with one attached hydrogen (secondary N) is 2. The largest absolute Gasteiger partial charge is 0.376 e. The van der Waals surface area contributed by atoms with Gasteiger partial charge in [-0.3, -0.25) is 4.90 Å². The Morgan fingerprint density at radius 3 is 2.91 bits per heavy atom. The Kier molecular flexibility index (Phi) is 8.88. The molecule has 2 N–H and O–H groups in total. The van der Waals surface area contributed by atoms with Crippen molar-refractivity contribution in [2.75, 3.05) is 33.2 Å². The summed E-state index contributed by atoms with van der Waals surface area (Å²) in [5.41, 5.74) is 9.28. The summed E-state index contributed by atoms with van der Waals surface area (Å²) in [6.07, 6.45) is 7.69. The molecule has 1 aromatic carbocycles. The van der Waals surface area contributed by atoms with Gasteiger partial charge < -0.3 is 15.5 Å². The maximum atomic E-state index is 11.4. The number of benzene rings is 1. The first-order valence-corrected chi connectivity index (χ1v) is 13.4. The van der Waals surface area contributed by atoms with E-state index in [0.29, 0.717) is 6.42 Å². The van der Waals surface area contributed by atoms with Crippen molar-refractivity contribution in [1.82, 2.24) is 15.6 Å². The van der Waals surface area contributed by atoms with Gasteiger partial charge in [0.05, 0.1) is 18.8 Å². The molecule has 0 amide bonds. The van der Waals surface area contributed by atoms with Crippen molar-refractivity contribution in [3.05, 3.63) is 56.8 Å². The number of aryl methyl sites for hydroxylation is 2. The lowest BCUT2D eigenvalue weighted by Crippen LogP contribution is -2.34. The number of aliphatic imine (C=N–C) groups is 1. The summed E-state index contributed by atoms with van der Waals surface area (Å²) in [6.45, 7) is 8.05. The Hall–Kier alpha value is -2.77. The maximum absolute atomic E-state index is 11.4. The number of amidine groups is 1. The molecular weight excluding hydrogens is 454 g/mol. The van der Waals surface area contributed by atoms with E-state index in [9.17, 15) is 4.79 Å². The highest BCUT2D eigenvalue weighted by molar-refractivity contribution is 7.13. The standard InChI is InChI=1S/C28H37N5OS/c1-20-4-6-22(7-5-20)8-9-23-11-14-33(18-23)19-28(29-3)32-25-16-27(35-26(25)12-15-34)24-10-13-30-31-17-21(24)2/h4-7,13,15-16,23,31H,8-12,14,17-19H2,1-3H3,(H,29,32). The zero-order valence-corrected chi connectivity index (χ0v) is 22.0. The normalized spacial score (nSPS) is 19.1. The van der Waals surface area contributed by atoms with Gasteiger partial charge in [-0.25, -0.2) is 4.99 Å². The second kappa shape index (κ2) is 12.3. The number of aldehydes is 1. The van der Waals surface area contributed by atoms with Crippen molar-refractivity contribution in [3.63, 3.8) is 0 Å². The van der Waals surface area contributed by atoms with Crippen LogP contribution in [0.3, 0.4) is 0 Å². The number of hydrogen-bond acceptors (Lipinski definition) is 6. The van der Waals surface area contributed by atoms with Gasteiger partial charge in [0.25, 0.3) is 0 Å². The number of carbonyl (C=O) groups excluding carboxylic acids is 1. The fraction of sp³-hybridized carbons (Fsp3) is 0.464. The van der Waals surface area contributed by atoms with Crippen molar-refractivity contribution in [3.8, 4) is 0 Å². The molecule has 1 unspecified atom stereocenters. The van der Waals surface area contributed by atoms with Crippen LogP contribution in [0, 0.1) is 12.8 Å². The van der Waals surface area contributed by atoms with Crippen molar-refractivity contribution in [2.24, 2.45) is 16.0 Å². The zero-order valence-electron chi connectivity index (χ0n) is 21.1. The third-order valence-corrected chi connectivity index (χ3v) is 8.15. The SMILES string of the molecule is CN/C(CN1CCC(CCc2ccc(C)cc2)C1)=N\c1cc(C2=C(C)CNN=CC2)sc1CC=O. The van der Waals surface area contributed by atoms with Crippen LogP contribution >= 0.6 is 11.3 Å². The zero-order chi connectivity index (χ0) is 24.6. The molecule has 3 heterocycles. The van der Waals surface area contributed by atoms with Crippen LogP contribution in [-0.4, -0.2) is 56.5 Å². The van der Waals surface area contributed by atoms with E-state index in [0.717, 1.165) is 67.6 Å². The second-order valence-corrected chi connectivity index (χ2v) is 10.8. The topological polar surface area (TPSA) is 69.1 Å². The van der Waals surface area contributed by atoms with E-state index in [2.05, 4.69) is 64.9 Å².